The van der Waals surface area contributed by atoms with Gasteiger partial charge in [0.1, 0.15) is 0 Å². The molecule has 0 aliphatic heterocycles. The van der Waals surface area contributed by atoms with Crippen LogP contribution in [0.1, 0.15) is 0 Å². The second kappa shape index (κ2) is 20.1. The van der Waals surface area contributed by atoms with Crippen molar-refractivity contribution in [3.8, 4) is 0 Å². The molecule has 0 saturated carbocycles. The Morgan fingerprint density at radius 2 is 1.25 bits per heavy atom. The van der Waals surface area contributed by atoms with Crippen molar-refractivity contribution < 1.29 is 20.1 Å². The van der Waals surface area contributed by atoms with Gasteiger partial charge in [-0.25, -0.2) is 0 Å². The fourth-order valence-electron chi connectivity index (χ4n) is 0. The zero-order chi connectivity index (χ0) is 2.00. The van der Waals surface area contributed by atoms with Crippen LogP contribution in [0.25, 0.3) is 0 Å². The third-order valence-electron chi connectivity index (χ3n) is 0. The Morgan fingerprint density at radius 1 is 1.25 bits per heavy atom. The molecule has 24 valence electrons. The molecule has 0 atom stereocenters. The molecule has 0 spiro atoms. The third kappa shape index (κ3) is 9.01. The second-order valence-corrected chi connectivity index (χ2v) is 0. The Bertz CT molecular complexity index is 8.00. The van der Waals surface area contributed by atoms with Gasteiger partial charge in [-0.1, -0.05) is 0 Å². The van der Waals surface area contributed by atoms with E-state index in [1.807, 2.05) is 0 Å². The predicted molar refractivity (Wildman–Crippen MR) is 16.4 cm³/mol. The van der Waals surface area contributed by atoms with Crippen molar-refractivity contribution in [3.63, 3.8) is 0 Å². The van der Waals surface area contributed by atoms with E-state index in [2.05, 4.69) is 0 Å². The summed E-state index contributed by atoms with van der Waals surface area (Å²) in [6.45, 7) is 0. The van der Waals surface area contributed by atoms with Crippen molar-refractivity contribution >= 4 is 48.4 Å². The van der Waals surface area contributed by atoms with Crippen molar-refractivity contribution in [1.29, 1.82) is 0 Å². The molecule has 0 fully saturated rings. The van der Waals surface area contributed by atoms with E-state index in [1.54, 1.807) is 0 Å². The van der Waals surface area contributed by atoms with Crippen LogP contribution in [0.4, 0.5) is 0 Å². The fourth-order valence-corrected chi connectivity index (χ4v) is 0. The molecule has 0 heterocycles. The summed E-state index contributed by atoms with van der Waals surface area (Å²) < 4.78 is 8.34. The minimum atomic E-state index is 0. The molecule has 0 saturated heterocycles. The Kier molecular flexibility index (Phi) is 83.7. The van der Waals surface area contributed by atoms with Crippen LogP contribution in [0.3, 0.4) is 0 Å². The molecule has 0 N–H and O–H groups in total. The minimum absolute atomic E-state index is 0. The zero-order valence-electron chi connectivity index (χ0n) is 1.26. The summed E-state index contributed by atoms with van der Waals surface area (Å²) in [7, 11) is 0. The van der Waals surface area contributed by atoms with Gasteiger partial charge in [-0.2, -0.15) is 0 Å². The van der Waals surface area contributed by atoms with Gasteiger partial charge in [-0.05, 0) is 0 Å². The first-order valence-electron chi connectivity index (χ1n) is 0.204. The van der Waals surface area contributed by atoms with Crippen LogP contribution in [0.15, 0.2) is 0 Å². The van der Waals surface area contributed by atoms with Gasteiger partial charge >= 0.3 is 51.4 Å². The van der Waals surface area contributed by atoms with Gasteiger partial charge < -0.3 is 0 Å². The van der Waals surface area contributed by atoms with Crippen molar-refractivity contribution in [1.82, 2.24) is 0 Å². The maximum absolute atomic E-state index is 8.34. The van der Waals surface area contributed by atoms with Crippen LogP contribution < -0.4 is 0 Å². The standard InChI is InChI=1S/Fe.In.O.Sn.3H. The van der Waals surface area contributed by atoms with Crippen molar-refractivity contribution in [2.45, 2.75) is 0 Å². The molecule has 4 heteroatoms. The number of rotatable bonds is 0. The summed E-state index contributed by atoms with van der Waals surface area (Å²) in [5.41, 5.74) is 0. The molecule has 0 aliphatic rings. The molecule has 4 heavy (non-hydrogen) atoms. The summed E-state index contributed by atoms with van der Waals surface area (Å²) in [5, 5.41) is 0. The number of hydrogen-bond acceptors (Lipinski definition) is 1. The molecule has 2 radical (unpaired) electrons. The van der Waals surface area contributed by atoms with Gasteiger partial charge in [-0.3, -0.25) is 0 Å². The number of hydrogen-bond donors (Lipinski definition) is 0. The van der Waals surface area contributed by atoms with Crippen LogP contribution in [0.2, 0.25) is 0 Å². The van der Waals surface area contributed by atoms with Gasteiger partial charge in [0.05, 0.1) is 0 Å². The van der Waals surface area contributed by atoms with Crippen LogP contribution >= 0.6 is 0 Å². The molecule has 0 amide bonds. The van der Waals surface area contributed by atoms with Gasteiger partial charge in [0, 0.05) is 17.1 Å². The van der Waals surface area contributed by atoms with Gasteiger partial charge in [0.2, 0.25) is 0 Å². The zero-order valence-corrected chi connectivity index (χ0v) is 5.22. The molecule has 0 bridgehead atoms. The molecule has 0 aromatic rings. The third-order valence-corrected chi connectivity index (χ3v) is 0. The summed E-state index contributed by atoms with van der Waals surface area (Å²) in [5.74, 6) is 0. The van der Waals surface area contributed by atoms with Gasteiger partial charge in [0.15, 0.2) is 0 Å². The predicted octanol–water partition coefficient (Wildman–Crippen LogP) is -1.69. The first-order valence-corrected chi connectivity index (χ1v) is 1.37. The van der Waals surface area contributed by atoms with Crippen LogP contribution in [0, 0.1) is 0 Å². The molecule has 0 aromatic carbocycles. The maximum atomic E-state index is 8.34. The van der Waals surface area contributed by atoms with E-state index in [9.17, 15) is 0 Å². The molecule has 0 rings (SSSR count). The van der Waals surface area contributed by atoms with Crippen molar-refractivity contribution in [2.75, 3.05) is 0 Å². The summed E-state index contributed by atoms with van der Waals surface area (Å²) in [4.78, 5) is 0. The van der Waals surface area contributed by atoms with E-state index < -0.39 is 0 Å². The Hall–Kier alpha value is 1.99. The average Bonchev–Trinajstić information content (AvgIpc) is 1.00. The Morgan fingerprint density at radius 3 is 1.25 bits per heavy atom. The van der Waals surface area contributed by atoms with E-state index in [0.29, 0.717) is 22.5 Å². The molecular weight excluding hydrogens is 305 g/mol. The Balaban J connectivity index is -0.00000000500. The molecule has 0 unspecified atom stereocenters. The van der Waals surface area contributed by atoms with Crippen LogP contribution in [-0.2, 0) is 20.1 Å². The van der Waals surface area contributed by atoms with E-state index in [-0.39, 0.29) is 42.9 Å². The van der Waals surface area contributed by atoms with Crippen molar-refractivity contribution in [3.05, 3.63) is 0 Å². The van der Waals surface area contributed by atoms with Gasteiger partial charge in [-0.15, -0.1) is 0 Å². The summed E-state index contributed by atoms with van der Waals surface area (Å²) in [6, 6.07) is 0. The van der Waals surface area contributed by atoms with E-state index in [0.717, 1.165) is 0 Å². The first-order chi connectivity index (χ1) is 1.00. The Labute approximate surface area is 67.6 Å². The molecule has 0 aromatic heterocycles. The normalized spacial score (nSPS) is 1.00. The van der Waals surface area contributed by atoms with E-state index >= 15 is 0 Å². The summed E-state index contributed by atoms with van der Waals surface area (Å²) >= 11 is 0.300. The van der Waals surface area contributed by atoms with E-state index in [4.69, 9.17) is 3.08 Å². The van der Waals surface area contributed by atoms with Crippen molar-refractivity contribution in [2.24, 2.45) is 0 Å². The quantitative estimate of drug-likeness (QED) is 0.488. The first kappa shape index (κ1) is 16.7. The molecule has 0 aliphatic carbocycles. The van der Waals surface area contributed by atoms with Crippen LogP contribution in [-0.4, -0.2) is 48.4 Å². The van der Waals surface area contributed by atoms with Gasteiger partial charge in [0.25, 0.3) is 0 Å². The fraction of sp³-hybridized carbons (Fsp3) is 0. The second-order valence-electron chi connectivity index (χ2n) is 0. The SMILES string of the molecule is [Fe].[InH3].[O]=[Sn]. The van der Waals surface area contributed by atoms with Crippen LogP contribution in [0.5, 0.6) is 0 Å². The van der Waals surface area contributed by atoms with E-state index in [1.165, 1.54) is 0 Å². The topological polar surface area (TPSA) is 17.1 Å². The molecule has 1 nitrogen and oxygen atoms in total. The molecular formula is H3FeInOSn. The monoisotopic (exact) mass is 310 g/mol. The average molecular weight is 308 g/mol. The summed E-state index contributed by atoms with van der Waals surface area (Å²) in [6.07, 6.45) is 0.